The minimum atomic E-state index is -0.734. The Bertz CT molecular complexity index is 1130. The van der Waals surface area contributed by atoms with Gasteiger partial charge in [-0.05, 0) is 23.1 Å². The molecule has 2 heterocycles. The number of hydrogen-bond donors (Lipinski definition) is 0. The van der Waals surface area contributed by atoms with Gasteiger partial charge in [-0.3, -0.25) is 19.3 Å². The van der Waals surface area contributed by atoms with Gasteiger partial charge in [0, 0.05) is 11.1 Å². The molecule has 0 N–H and O–H groups in total. The topological polar surface area (TPSA) is 103 Å². The summed E-state index contributed by atoms with van der Waals surface area (Å²) in [6.07, 6.45) is 0.0673. The fourth-order valence-corrected chi connectivity index (χ4v) is 3.32. The molecule has 8 nitrogen and oxygen atoms in total. The van der Waals surface area contributed by atoms with Crippen molar-refractivity contribution >= 4 is 17.8 Å². The second kappa shape index (κ2) is 8.51. The molecule has 0 radical (unpaired) electrons. The van der Waals surface area contributed by atoms with E-state index < -0.39 is 24.3 Å². The Morgan fingerprint density at radius 1 is 1.13 bits per heavy atom. The molecule has 3 aromatic rings. The number of ether oxygens (including phenoxy) is 1. The summed E-state index contributed by atoms with van der Waals surface area (Å²) in [5.41, 5.74) is 3.06. The van der Waals surface area contributed by atoms with E-state index in [4.69, 9.17) is 9.26 Å². The SMILES string of the molecule is CC(C)c1ccc(-c2noc(COC(=O)CN3C(=O)Cc4ccccc4C3=O)n2)cc1. The van der Waals surface area contributed by atoms with Crippen LogP contribution in [0.5, 0.6) is 0 Å². The highest BCUT2D eigenvalue weighted by Crippen LogP contribution is 2.21. The summed E-state index contributed by atoms with van der Waals surface area (Å²) >= 11 is 0. The standard InChI is InChI=1S/C23H21N3O5/c1-14(2)15-7-9-16(10-8-15)22-24-19(31-25-22)13-30-21(28)12-26-20(27)11-17-5-3-4-6-18(17)23(26)29/h3-10,14H,11-13H2,1-2H3. The maximum absolute atomic E-state index is 12.5. The second-order valence-corrected chi connectivity index (χ2v) is 7.57. The van der Waals surface area contributed by atoms with Crippen molar-refractivity contribution in [3.63, 3.8) is 0 Å². The first-order chi connectivity index (χ1) is 14.9. The van der Waals surface area contributed by atoms with Crippen molar-refractivity contribution in [2.45, 2.75) is 32.8 Å². The molecule has 1 aliphatic heterocycles. The van der Waals surface area contributed by atoms with Crippen LogP contribution in [0, 0.1) is 0 Å². The van der Waals surface area contributed by atoms with Crippen LogP contribution in [-0.2, 0) is 27.4 Å². The van der Waals surface area contributed by atoms with E-state index in [0.717, 1.165) is 10.5 Å². The molecule has 0 bridgehead atoms. The monoisotopic (exact) mass is 419 g/mol. The smallest absolute Gasteiger partial charge is 0.326 e. The van der Waals surface area contributed by atoms with Crippen molar-refractivity contribution in [2.24, 2.45) is 0 Å². The molecule has 1 aliphatic rings. The summed E-state index contributed by atoms with van der Waals surface area (Å²) < 4.78 is 10.3. The third-order valence-corrected chi connectivity index (χ3v) is 5.08. The van der Waals surface area contributed by atoms with Crippen LogP contribution in [0.15, 0.2) is 53.1 Å². The number of hydrogen-bond acceptors (Lipinski definition) is 7. The highest BCUT2D eigenvalue weighted by Gasteiger charge is 2.32. The number of amides is 2. The van der Waals surface area contributed by atoms with Crippen LogP contribution >= 0.6 is 0 Å². The van der Waals surface area contributed by atoms with E-state index in [9.17, 15) is 14.4 Å². The van der Waals surface area contributed by atoms with Crippen LogP contribution in [0.1, 0.15) is 47.1 Å². The Hall–Kier alpha value is -3.81. The molecule has 31 heavy (non-hydrogen) atoms. The van der Waals surface area contributed by atoms with Gasteiger partial charge in [0.05, 0.1) is 6.42 Å². The minimum Gasteiger partial charge on any atom is -0.454 e. The van der Waals surface area contributed by atoms with Crippen LogP contribution < -0.4 is 0 Å². The predicted octanol–water partition coefficient (Wildman–Crippen LogP) is 3.13. The molecule has 1 aromatic heterocycles. The van der Waals surface area contributed by atoms with Gasteiger partial charge in [0.15, 0.2) is 6.61 Å². The van der Waals surface area contributed by atoms with Gasteiger partial charge in [0.25, 0.3) is 11.8 Å². The number of esters is 1. The first-order valence-corrected chi connectivity index (χ1v) is 9.93. The van der Waals surface area contributed by atoms with E-state index in [1.54, 1.807) is 24.3 Å². The van der Waals surface area contributed by atoms with Gasteiger partial charge in [-0.25, -0.2) is 0 Å². The van der Waals surface area contributed by atoms with Gasteiger partial charge in [0.2, 0.25) is 11.7 Å². The van der Waals surface area contributed by atoms with Gasteiger partial charge >= 0.3 is 5.97 Å². The molecular weight excluding hydrogens is 398 g/mol. The van der Waals surface area contributed by atoms with E-state index in [-0.39, 0.29) is 18.9 Å². The predicted molar refractivity (Wildman–Crippen MR) is 110 cm³/mol. The summed E-state index contributed by atoms with van der Waals surface area (Å²) in [4.78, 5) is 42.1. The zero-order chi connectivity index (χ0) is 22.0. The lowest BCUT2D eigenvalue weighted by atomic mass is 9.98. The average molecular weight is 419 g/mol. The fourth-order valence-electron chi connectivity index (χ4n) is 3.32. The molecule has 0 saturated heterocycles. The number of fused-ring (bicyclic) bond motifs is 1. The first kappa shape index (κ1) is 20.5. The molecule has 4 rings (SSSR count). The molecule has 8 heteroatoms. The largest absolute Gasteiger partial charge is 0.454 e. The highest BCUT2D eigenvalue weighted by atomic mass is 16.6. The number of aromatic nitrogens is 2. The number of carbonyl (C=O) groups is 3. The van der Waals surface area contributed by atoms with Crippen LogP contribution in [0.3, 0.4) is 0 Å². The second-order valence-electron chi connectivity index (χ2n) is 7.57. The van der Waals surface area contributed by atoms with E-state index in [2.05, 4.69) is 24.0 Å². The Kier molecular flexibility index (Phi) is 5.62. The van der Waals surface area contributed by atoms with Crippen LogP contribution in [0.4, 0.5) is 0 Å². The summed E-state index contributed by atoms with van der Waals surface area (Å²) in [5, 5.41) is 3.91. The lowest BCUT2D eigenvalue weighted by molar-refractivity contribution is -0.149. The number of nitrogens with zero attached hydrogens (tertiary/aromatic N) is 3. The van der Waals surface area contributed by atoms with Crippen LogP contribution in [0.2, 0.25) is 0 Å². The molecule has 0 spiro atoms. The molecule has 0 atom stereocenters. The Labute approximate surface area is 178 Å². The van der Waals surface area contributed by atoms with Crippen molar-refractivity contribution in [3.05, 3.63) is 71.1 Å². The van der Waals surface area contributed by atoms with Gasteiger partial charge < -0.3 is 9.26 Å². The first-order valence-electron chi connectivity index (χ1n) is 9.93. The molecule has 158 valence electrons. The van der Waals surface area contributed by atoms with E-state index >= 15 is 0 Å². The van der Waals surface area contributed by atoms with Crippen molar-refractivity contribution in [2.75, 3.05) is 6.54 Å². The van der Waals surface area contributed by atoms with E-state index in [1.807, 2.05) is 24.3 Å². The normalized spacial score (nSPS) is 13.5. The van der Waals surface area contributed by atoms with Crippen molar-refractivity contribution in [3.8, 4) is 11.4 Å². The van der Waals surface area contributed by atoms with E-state index in [0.29, 0.717) is 22.9 Å². The summed E-state index contributed by atoms with van der Waals surface area (Å²) in [7, 11) is 0. The zero-order valence-electron chi connectivity index (χ0n) is 17.2. The Morgan fingerprint density at radius 3 is 2.61 bits per heavy atom. The van der Waals surface area contributed by atoms with E-state index in [1.165, 1.54) is 5.56 Å². The number of carbonyl (C=O) groups excluding carboxylic acids is 3. The van der Waals surface area contributed by atoms with Crippen molar-refractivity contribution in [1.29, 1.82) is 0 Å². The quantitative estimate of drug-likeness (QED) is 0.447. The molecule has 2 aromatic carbocycles. The number of benzene rings is 2. The maximum atomic E-state index is 12.5. The average Bonchev–Trinajstić information content (AvgIpc) is 3.24. The van der Waals surface area contributed by atoms with Gasteiger partial charge in [0.1, 0.15) is 6.54 Å². The third kappa shape index (κ3) is 4.37. The zero-order valence-corrected chi connectivity index (χ0v) is 17.2. The molecule has 0 fully saturated rings. The number of imide groups is 1. The van der Waals surface area contributed by atoms with Crippen molar-refractivity contribution in [1.82, 2.24) is 15.0 Å². The molecule has 0 aliphatic carbocycles. The van der Waals surface area contributed by atoms with Gasteiger partial charge in [-0.2, -0.15) is 4.98 Å². The Balaban J connectivity index is 1.35. The lowest BCUT2D eigenvalue weighted by Crippen LogP contribution is -2.45. The third-order valence-electron chi connectivity index (χ3n) is 5.08. The maximum Gasteiger partial charge on any atom is 0.326 e. The fraction of sp³-hybridized carbons (Fsp3) is 0.261. The number of rotatable bonds is 6. The van der Waals surface area contributed by atoms with Crippen LogP contribution in [0.25, 0.3) is 11.4 Å². The summed E-state index contributed by atoms with van der Waals surface area (Å²) in [5.74, 6) is -0.750. The highest BCUT2D eigenvalue weighted by molar-refractivity contribution is 6.11. The molecule has 0 unspecified atom stereocenters. The summed E-state index contributed by atoms with van der Waals surface area (Å²) in [6, 6.07) is 14.7. The molecule has 2 amide bonds. The van der Waals surface area contributed by atoms with Gasteiger partial charge in [-0.15, -0.1) is 0 Å². The summed E-state index contributed by atoms with van der Waals surface area (Å²) in [6.45, 7) is 3.51. The molecule has 0 saturated carbocycles. The minimum absolute atomic E-state index is 0.0673. The van der Waals surface area contributed by atoms with Gasteiger partial charge in [-0.1, -0.05) is 61.5 Å². The lowest BCUT2D eigenvalue weighted by Gasteiger charge is -2.25. The van der Waals surface area contributed by atoms with Crippen molar-refractivity contribution < 1.29 is 23.6 Å². The van der Waals surface area contributed by atoms with Crippen LogP contribution in [-0.4, -0.2) is 39.4 Å². The molecular formula is C23H21N3O5. The Morgan fingerprint density at radius 2 is 1.87 bits per heavy atom.